The molecule has 2 aromatic carbocycles. The Morgan fingerprint density at radius 2 is 1.41 bits per heavy atom. The fourth-order valence-corrected chi connectivity index (χ4v) is 4.13. The van der Waals surface area contributed by atoms with Crippen molar-refractivity contribution >= 4 is 43.8 Å². The summed E-state index contributed by atoms with van der Waals surface area (Å²) in [6, 6.07) is 15.6. The summed E-state index contributed by atoms with van der Waals surface area (Å²) in [5, 5.41) is 36.1. The second kappa shape index (κ2) is 13.3. The number of aromatic nitrogens is 2. The van der Waals surface area contributed by atoms with Crippen LogP contribution in [-0.4, -0.2) is 49.1 Å². The van der Waals surface area contributed by atoms with Gasteiger partial charge in [0, 0.05) is 40.1 Å². The van der Waals surface area contributed by atoms with Crippen LogP contribution in [0.15, 0.2) is 78.0 Å². The summed E-state index contributed by atoms with van der Waals surface area (Å²) >= 11 is 0. The van der Waals surface area contributed by atoms with E-state index in [9.17, 15) is 33.3 Å². The molecule has 0 amide bonds. The molecular weight excluding hydrogens is 683 g/mol. The number of hydrogen-bond donors (Lipinski definition) is 1. The third kappa shape index (κ3) is 7.85. The Hall–Kier alpha value is -3.28. The molecule has 37 heavy (non-hydrogen) atoms. The molecule has 194 valence electrons. The number of aliphatic carboxylic acids is 2. The summed E-state index contributed by atoms with van der Waals surface area (Å²) in [6.07, 6.45) is 1.38. The minimum atomic E-state index is -4.37. The number of fused-ring (bicyclic) bond motifs is 3. The van der Waals surface area contributed by atoms with Gasteiger partial charge in [-0.15, -0.1) is 6.61 Å². The number of carboxylic acids is 2. The van der Waals surface area contributed by atoms with E-state index in [1.165, 1.54) is 24.3 Å². The van der Waals surface area contributed by atoms with E-state index in [4.69, 9.17) is 0 Å². The maximum absolute atomic E-state index is 12.0. The Labute approximate surface area is 226 Å². The number of hydrogen-bond acceptors (Lipinski definition) is 10. The fraction of sp³-hybridized carbons (Fsp3) is 0.167. The number of nitrogens with one attached hydrogen (secondary N) is 1. The van der Waals surface area contributed by atoms with Crippen LogP contribution in [0.25, 0.3) is 26.5 Å². The smallest absolute Gasteiger partial charge is 0.853 e. The number of rotatable bonds is 8. The summed E-state index contributed by atoms with van der Waals surface area (Å²) in [6.45, 7) is 0.462. The average molecular weight is 704 g/mol. The molecular formula is C24H20N4O7PtS. The van der Waals surface area contributed by atoms with Gasteiger partial charge in [-0.2, -0.15) is 0 Å². The molecule has 0 aliphatic heterocycles. The van der Waals surface area contributed by atoms with Crippen molar-refractivity contribution in [2.75, 3.05) is 6.61 Å². The second-order valence-corrected chi connectivity index (χ2v) is 9.17. The van der Waals surface area contributed by atoms with Gasteiger partial charge in [0.25, 0.3) is 0 Å². The first kappa shape index (κ1) is 29.9. The first-order valence-electron chi connectivity index (χ1n) is 10.5. The number of carbonyl (C=O) groups excluding carboxylic acids is 2. The van der Waals surface area contributed by atoms with Crippen LogP contribution in [0.4, 0.5) is 0 Å². The van der Waals surface area contributed by atoms with Crippen molar-refractivity contribution in [3.63, 3.8) is 0 Å². The van der Waals surface area contributed by atoms with Crippen LogP contribution in [0.3, 0.4) is 0 Å². The van der Waals surface area contributed by atoms with Gasteiger partial charge in [-0.3, -0.25) is 9.97 Å². The molecule has 0 spiro atoms. The molecule has 4 rings (SSSR count). The molecule has 0 radical (unpaired) electrons. The Kier molecular flexibility index (Phi) is 10.8. The number of aryl methyl sites for hydroxylation is 1. The van der Waals surface area contributed by atoms with Gasteiger partial charge in [-0.05, 0) is 37.4 Å². The van der Waals surface area contributed by atoms with E-state index < -0.39 is 40.8 Å². The van der Waals surface area contributed by atoms with E-state index in [0.717, 1.165) is 27.4 Å². The average Bonchev–Trinajstić information content (AvgIpc) is 2.86. The van der Waals surface area contributed by atoms with Crippen molar-refractivity contribution in [1.29, 1.82) is 0 Å². The Morgan fingerprint density at radius 3 is 1.84 bits per heavy atom. The van der Waals surface area contributed by atoms with Gasteiger partial charge in [0.1, 0.15) is 10.0 Å². The summed E-state index contributed by atoms with van der Waals surface area (Å²) in [5.41, 5.74) is 2.73. The molecule has 0 aliphatic carbocycles. The van der Waals surface area contributed by atoms with E-state index >= 15 is 0 Å². The maximum Gasteiger partial charge on any atom is 4.00 e. The molecule has 1 N–H and O–H groups in total. The Balaban J connectivity index is 0.000000274. The van der Waals surface area contributed by atoms with E-state index in [1.807, 2.05) is 12.1 Å². The molecule has 0 saturated heterocycles. The minimum Gasteiger partial charge on any atom is -0.853 e. The van der Waals surface area contributed by atoms with Crippen LogP contribution in [0.1, 0.15) is 5.56 Å². The predicted molar refractivity (Wildman–Crippen MR) is 124 cm³/mol. The molecule has 1 unspecified atom stereocenters. The number of carboxylic acid groups (broad SMARTS) is 2. The van der Waals surface area contributed by atoms with Crippen molar-refractivity contribution in [2.45, 2.75) is 24.0 Å². The van der Waals surface area contributed by atoms with Crippen LogP contribution in [0.2, 0.25) is 0 Å². The predicted octanol–water partition coefficient (Wildman–Crippen LogP) is -1.02. The van der Waals surface area contributed by atoms with Gasteiger partial charge in [0.2, 0.25) is 0 Å². The van der Waals surface area contributed by atoms with Gasteiger partial charge in [-0.25, -0.2) is 8.42 Å². The molecule has 0 saturated carbocycles. The molecule has 0 fully saturated rings. The van der Waals surface area contributed by atoms with Crippen molar-refractivity contribution in [3.05, 3.63) is 83.3 Å². The molecule has 4 aromatic rings. The van der Waals surface area contributed by atoms with Gasteiger partial charge in [-0.1, -0.05) is 42.0 Å². The van der Waals surface area contributed by atoms with Crippen molar-refractivity contribution in [3.8, 4) is 0 Å². The second-order valence-electron chi connectivity index (χ2n) is 7.54. The van der Waals surface area contributed by atoms with E-state index in [2.05, 4.69) is 39.0 Å². The molecule has 2 heterocycles. The van der Waals surface area contributed by atoms with Gasteiger partial charge in [0.05, 0.1) is 17.0 Å². The standard InChI is InChI=1S/C12H14N2O7S.C12H8N2.Pt/c1-7-2-4-8(5-3-7)22(20,21)14-10(12(18)19)13-9(6-15)11(16)17;1-3-9-5-6-10-4-2-8-14-12(10)11(9)13-7-1;/h2-5,9-10,13H,6H2,1H3,(H,16,17)(H,18,19);1-8H;/q-2;;+4/p-2/t9-,10?;;/m1../s1. The number of benzene rings is 2. The fourth-order valence-electron chi connectivity index (χ4n) is 3.11. The minimum absolute atomic E-state index is 0. The largest absolute Gasteiger partial charge is 4.00 e. The third-order valence-corrected chi connectivity index (χ3v) is 6.30. The Morgan fingerprint density at radius 1 is 0.892 bits per heavy atom. The molecule has 2 aromatic heterocycles. The SMILES string of the molecule is Cc1ccc(S(=O)(=O)[N-]C(N[C@H](C[O-])C(=O)[O-])C(=O)[O-])cc1.[Pt+4].c1cnc2c(c1)ccc1cccnc12. The first-order chi connectivity index (χ1) is 17.1. The summed E-state index contributed by atoms with van der Waals surface area (Å²) in [4.78, 5) is 29.9. The topological polar surface area (TPSA) is 189 Å². The third-order valence-electron chi connectivity index (χ3n) is 4.94. The molecule has 0 bridgehead atoms. The van der Waals surface area contributed by atoms with Gasteiger partial charge in [0.15, 0.2) is 0 Å². The summed E-state index contributed by atoms with van der Waals surface area (Å²) in [5.74, 6) is -3.86. The van der Waals surface area contributed by atoms with Gasteiger partial charge < -0.3 is 34.9 Å². The van der Waals surface area contributed by atoms with E-state index in [0.29, 0.717) is 0 Å². The van der Waals surface area contributed by atoms with Crippen LogP contribution < -0.4 is 20.6 Å². The Bertz CT molecular complexity index is 1430. The number of nitrogens with zero attached hydrogens (tertiary/aromatic N) is 3. The molecule has 2 atom stereocenters. The number of pyridine rings is 2. The van der Waals surface area contributed by atoms with Crippen molar-refractivity contribution in [1.82, 2.24) is 15.3 Å². The number of carbonyl (C=O) groups is 2. The van der Waals surface area contributed by atoms with Crippen molar-refractivity contribution < 1.29 is 54.4 Å². The summed E-state index contributed by atoms with van der Waals surface area (Å²) in [7, 11) is -4.37. The van der Waals surface area contributed by atoms with Gasteiger partial charge >= 0.3 is 21.1 Å². The molecule has 13 heteroatoms. The number of sulfonamides is 1. The monoisotopic (exact) mass is 703 g/mol. The quantitative estimate of drug-likeness (QED) is 0.223. The van der Waals surface area contributed by atoms with E-state index in [1.54, 1.807) is 24.6 Å². The maximum atomic E-state index is 12.0. The normalized spacial score (nSPS) is 12.6. The van der Waals surface area contributed by atoms with Crippen LogP contribution in [0, 0.1) is 6.92 Å². The molecule has 11 nitrogen and oxygen atoms in total. The van der Waals surface area contributed by atoms with Crippen LogP contribution in [0.5, 0.6) is 0 Å². The zero-order valence-electron chi connectivity index (χ0n) is 19.2. The first-order valence-corrected chi connectivity index (χ1v) is 11.9. The van der Waals surface area contributed by atoms with Crippen LogP contribution in [-0.2, 0) is 40.7 Å². The van der Waals surface area contributed by atoms with Crippen molar-refractivity contribution in [2.24, 2.45) is 0 Å². The summed E-state index contributed by atoms with van der Waals surface area (Å²) < 4.78 is 27.0. The molecule has 0 aliphatic rings. The zero-order valence-corrected chi connectivity index (χ0v) is 22.3. The van der Waals surface area contributed by atoms with Crippen LogP contribution >= 0.6 is 0 Å². The van der Waals surface area contributed by atoms with E-state index in [-0.39, 0.29) is 26.0 Å². The zero-order chi connectivity index (χ0) is 26.3.